The van der Waals surface area contributed by atoms with E-state index in [1.165, 1.54) is 6.07 Å². The van der Waals surface area contributed by atoms with Crippen molar-refractivity contribution in [3.63, 3.8) is 0 Å². The minimum Gasteiger partial charge on any atom is -0.377 e. The standard InChI is InChI=1S/C18H19FN2O/c1-2-3-10-22-12-14-9-8-13(11-15(14)19)18-20-16-6-4-5-7-17(16)21-18/h4-9,11H,2-3,10,12H2,1H3,(H,20,21). The summed E-state index contributed by atoms with van der Waals surface area (Å²) < 4.78 is 19.6. The van der Waals surface area contributed by atoms with E-state index in [4.69, 9.17) is 4.74 Å². The average molecular weight is 298 g/mol. The normalized spacial score (nSPS) is 11.2. The lowest BCUT2D eigenvalue weighted by Crippen LogP contribution is -1.98. The van der Waals surface area contributed by atoms with Gasteiger partial charge in [-0.3, -0.25) is 0 Å². The van der Waals surface area contributed by atoms with Gasteiger partial charge in [0.2, 0.25) is 0 Å². The lowest BCUT2D eigenvalue weighted by atomic mass is 10.1. The van der Waals surface area contributed by atoms with Crippen LogP contribution in [0, 0.1) is 5.82 Å². The molecule has 0 aliphatic heterocycles. The number of imidazole rings is 1. The first-order valence-electron chi connectivity index (χ1n) is 7.59. The van der Waals surface area contributed by atoms with Crippen LogP contribution in [0.15, 0.2) is 42.5 Å². The van der Waals surface area contributed by atoms with Gasteiger partial charge in [-0.1, -0.05) is 37.6 Å². The Kier molecular flexibility index (Phi) is 4.49. The molecule has 0 saturated heterocycles. The molecule has 1 N–H and O–H groups in total. The lowest BCUT2D eigenvalue weighted by molar-refractivity contribution is 0.116. The number of hydrogen-bond acceptors (Lipinski definition) is 2. The Morgan fingerprint density at radius 3 is 2.82 bits per heavy atom. The molecular formula is C18H19FN2O. The summed E-state index contributed by atoms with van der Waals surface area (Å²) in [5.41, 5.74) is 3.15. The maximum Gasteiger partial charge on any atom is 0.138 e. The highest BCUT2D eigenvalue weighted by Gasteiger charge is 2.09. The maximum atomic E-state index is 14.2. The summed E-state index contributed by atoms with van der Waals surface area (Å²) in [7, 11) is 0. The van der Waals surface area contributed by atoms with Gasteiger partial charge in [0.15, 0.2) is 0 Å². The first kappa shape index (κ1) is 14.7. The van der Waals surface area contributed by atoms with E-state index in [1.807, 2.05) is 30.3 Å². The highest BCUT2D eigenvalue weighted by Crippen LogP contribution is 2.22. The van der Waals surface area contributed by atoms with Crippen LogP contribution in [0.25, 0.3) is 22.4 Å². The molecule has 114 valence electrons. The van der Waals surface area contributed by atoms with Gasteiger partial charge in [-0.2, -0.15) is 0 Å². The number of benzene rings is 2. The second-order valence-electron chi connectivity index (χ2n) is 5.31. The molecule has 2 aromatic carbocycles. The number of nitrogens with zero attached hydrogens (tertiary/aromatic N) is 1. The van der Waals surface area contributed by atoms with Gasteiger partial charge >= 0.3 is 0 Å². The molecule has 3 rings (SSSR count). The Morgan fingerprint density at radius 2 is 2.05 bits per heavy atom. The average Bonchev–Trinajstić information content (AvgIpc) is 2.97. The molecule has 0 atom stereocenters. The second kappa shape index (κ2) is 6.71. The van der Waals surface area contributed by atoms with Gasteiger partial charge in [0.05, 0.1) is 17.6 Å². The van der Waals surface area contributed by atoms with E-state index < -0.39 is 0 Å². The molecule has 0 unspecified atom stereocenters. The number of fused-ring (bicyclic) bond motifs is 1. The van der Waals surface area contributed by atoms with Crippen LogP contribution >= 0.6 is 0 Å². The monoisotopic (exact) mass is 298 g/mol. The molecule has 1 heterocycles. The van der Waals surface area contributed by atoms with E-state index in [-0.39, 0.29) is 5.82 Å². The fourth-order valence-corrected chi connectivity index (χ4v) is 2.33. The predicted molar refractivity (Wildman–Crippen MR) is 86.1 cm³/mol. The van der Waals surface area contributed by atoms with E-state index in [0.29, 0.717) is 24.6 Å². The summed E-state index contributed by atoms with van der Waals surface area (Å²) in [6.07, 6.45) is 2.08. The van der Waals surface area contributed by atoms with Crippen molar-refractivity contribution in [2.24, 2.45) is 0 Å². The van der Waals surface area contributed by atoms with Gasteiger partial charge in [0, 0.05) is 17.7 Å². The van der Waals surface area contributed by atoms with Gasteiger partial charge in [-0.05, 0) is 24.6 Å². The number of hydrogen-bond donors (Lipinski definition) is 1. The summed E-state index contributed by atoms with van der Waals surface area (Å²) in [6, 6.07) is 12.9. The smallest absolute Gasteiger partial charge is 0.138 e. The van der Waals surface area contributed by atoms with E-state index in [0.717, 1.165) is 29.4 Å². The Balaban J connectivity index is 1.79. The zero-order chi connectivity index (χ0) is 15.4. The van der Waals surface area contributed by atoms with Gasteiger partial charge < -0.3 is 9.72 Å². The SMILES string of the molecule is CCCCOCc1ccc(-c2nc3ccccc3[nH]2)cc1F. The van der Waals surface area contributed by atoms with Crippen LogP contribution in [-0.4, -0.2) is 16.6 Å². The highest BCUT2D eigenvalue weighted by molar-refractivity contribution is 5.79. The lowest BCUT2D eigenvalue weighted by Gasteiger charge is -2.06. The summed E-state index contributed by atoms with van der Waals surface area (Å²) in [5, 5.41) is 0. The number of rotatable bonds is 6. The molecule has 1 aromatic heterocycles. The third-order valence-corrected chi connectivity index (χ3v) is 3.62. The molecule has 22 heavy (non-hydrogen) atoms. The zero-order valence-electron chi connectivity index (χ0n) is 12.6. The van der Waals surface area contributed by atoms with Crippen LogP contribution in [0.5, 0.6) is 0 Å². The van der Waals surface area contributed by atoms with Crippen LogP contribution in [0.1, 0.15) is 25.3 Å². The first-order valence-corrected chi connectivity index (χ1v) is 7.59. The van der Waals surface area contributed by atoms with Crippen molar-refractivity contribution in [1.29, 1.82) is 0 Å². The van der Waals surface area contributed by atoms with Crippen molar-refractivity contribution < 1.29 is 9.13 Å². The Bertz CT molecular complexity index is 734. The number of aromatic nitrogens is 2. The fourth-order valence-electron chi connectivity index (χ4n) is 2.33. The van der Waals surface area contributed by atoms with E-state index >= 15 is 0 Å². The molecule has 0 aliphatic carbocycles. The largest absolute Gasteiger partial charge is 0.377 e. The molecule has 0 saturated carbocycles. The number of nitrogens with one attached hydrogen (secondary N) is 1. The fraction of sp³-hybridized carbons (Fsp3) is 0.278. The molecule has 3 aromatic rings. The number of aromatic amines is 1. The molecule has 0 radical (unpaired) electrons. The molecule has 3 nitrogen and oxygen atoms in total. The Hall–Kier alpha value is -2.20. The number of unbranched alkanes of at least 4 members (excludes halogenated alkanes) is 1. The molecule has 0 bridgehead atoms. The minimum absolute atomic E-state index is 0.255. The van der Waals surface area contributed by atoms with E-state index in [9.17, 15) is 4.39 Å². The molecule has 0 fully saturated rings. The number of halogens is 1. The van der Waals surface area contributed by atoms with E-state index in [2.05, 4.69) is 16.9 Å². The van der Waals surface area contributed by atoms with Crippen LogP contribution in [-0.2, 0) is 11.3 Å². The van der Waals surface area contributed by atoms with Crippen molar-refractivity contribution >= 4 is 11.0 Å². The summed E-state index contributed by atoms with van der Waals surface area (Å²) in [5.74, 6) is 0.424. The summed E-state index contributed by atoms with van der Waals surface area (Å²) >= 11 is 0. The summed E-state index contributed by atoms with van der Waals surface area (Å²) in [4.78, 5) is 7.70. The van der Waals surface area contributed by atoms with Crippen LogP contribution in [0.3, 0.4) is 0 Å². The Morgan fingerprint density at radius 1 is 1.18 bits per heavy atom. The highest BCUT2D eigenvalue weighted by atomic mass is 19.1. The summed E-state index contributed by atoms with van der Waals surface area (Å²) in [6.45, 7) is 3.08. The first-order chi connectivity index (χ1) is 10.8. The predicted octanol–water partition coefficient (Wildman–Crippen LogP) is 4.69. The van der Waals surface area contributed by atoms with Gasteiger partial charge in [-0.15, -0.1) is 0 Å². The third-order valence-electron chi connectivity index (χ3n) is 3.62. The molecule has 0 aliphatic rings. The minimum atomic E-state index is -0.255. The number of ether oxygens (including phenoxy) is 1. The second-order valence-corrected chi connectivity index (χ2v) is 5.31. The molecule has 0 spiro atoms. The molecular weight excluding hydrogens is 279 g/mol. The van der Waals surface area contributed by atoms with Crippen molar-refractivity contribution in [3.05, 3.63) is 53.8 Å². The quantitative estimate of drug-likeness (QED) is 0.671. The van der Waals surface area contributed by atoms with Crippen molar-refractivity contribution in [2.75, 3.05) is 6.61 Å². The molecule has 4 heteroatoms. The van der Waals surface area contributed by atoms with Crippen molar-refractivity contribution in [2.45, 2.75) is 26.4 Å². The van der Waals surface area contributed by atoms with Crippen LogP contribution < -0.4 is 0 Å². The zero-order valence-corrected chi connectivity index (χ0v) is 12.6. The van der Waals surface area contributed by atoms with Gasteiger partial charge in [0.1, 0.15) is 11.6 Å². The molecule has 0 amide bonds. The van der Waals surface area contributed by atoms with Gasteiger partial charge in [-0.25, -0.2) is 9.37 Å². The topological polar surface area (TPSA) is 37.9 Å². The number of H-pyrrole nitrogens is 1. The van der Waals surface area contributed by atoms with Crippen LogP contribution in [0.4, 0.5) is 4.39 Å². The maximum absolute atomic E-state index is 14.2. The Labute approximate surface area is 129 Å². The number of para-hydroxylation sites is 2. The van der Waals surface area contributed by atoms with Crippen molar-refractivity contribution in [3.8, 4) is 11.4 Å². The third kappa shape index (κ3) is 3.17. The van der Waals surface area contributed by atoms with E-state index in [1.54, 1.807) is 6.07 Å². The van der Waals surface area contributed by atoms with Gasteiger partial charge in [0.25, 0.3) is 0 Å². The van der Waals surface area contributed by atoms with Crippen LogP contribution in [0.2, 0.25) is 0 Å². The van der Waals surface area contributed by atoms with Crippen molar-refractivity contribution in [1.82, 2.24) is 9.97 Å².